The van der Waals surface area contributed by atoms with Crippen LogP contribution in [0.2, 0.25) is 0 Å². The molecular formula is C20H29F3N4O. The number of likely N-dealkylation sites (tertiary alicyclic amines) is 1. The van der Waals surface area contributed by atoms with E-state index in [0.29, 0.717) is 13.0 Å². The fraction of sp³-hybridized carbons (Fsp3) is 0.650. The van der Waals surface area contributed by atoms with Crippen molar-refractivity contribution in [1.29, 1.82) is 0 Å². The number of nitrogens with zero attached hydrogens (tertiary/aromatic N) is 2. The summed E-state index contributed by atoms with van der Waals surface area (Å²) in [6.45, 7) is 5.22. The van der Waals surface area contributed by atoms with E-state index in [1.165, 1.54) is 0 Å². The summed E-state index contributed by atoms with van der Waals surface area (Å²) in [5.74, 6) is -0.879. The summed E-state index contributed by atoms with van der Waals surface area (Å²) >= 11 is 0. The van der Waals surface area contributed by atoms with Crippen LogP contribution in [0, 0.1) is 5.41 Å². The molecule has 2 aliphatic heterocycles. The molecule has 1 aromatic carbocycles. The molecular weight excluding hydrogens is 369 g/mol. The van der Waals surface area contributed by atoms with Crippen molar-refractivity contribution in [1.82, 2.24) is 20.4 Å². The molecule has 2 aliphatic rings. The fourth-order valence-corrected chi connectivity index (χ4v) is 4.02. The molecule has 2 N–H and O–H groups in total. The zero-order chi connectivity index (χ0) is 20.0. The first kappa shape index (κ1) is 21.1. The van der Waals surface area contributed by atoms with Gasteiger partial charge in [0.25, 0.3) is 0 Å². The molecule has 2 fully saturated rings. The first-order valence-electron chi connectivity index (χ1n) is 9.95. The molecule has 1 amide bonds. The Morgan fingerprint density at radius 2 is 1.82 bits per heavy atom. The minimum atomic E-state index is -4.55. The van der Waals surface area contributed by atoms with Crippen LogP contribution in [-0.2, 0) is 11.3 Å². The summed E-state index contributed by atoms with van der Waals surface area (Å²) in [5.41, 5.74) is -1.35. The van der Waals surface area contributed by atoms with E-state index in [0.717, 1.165) is 38.3 Å². The van der Waals surface area contributed by atoms with Gasteiger partial charge in [0, 0.05) is 45.8 Å². The Labute approximate surface area is 164 Å². The average molecular weight is 398 g/mol. The fourth-order valence-electron chi connectivity index (χ4n) is 4.02. The minimum absolute atomic E-state index is 0.188. The van der Waals surface area contributed by atoms with Gasteiger partial charge in [-0.15, -0.1) is 0 Å². The number of alkyl halides is 3. The number of amides is 1. The van der Waals surface area contributed by atoms with Crippen molar-refractivity contribution in [2.24, 2.45) is 5.41 Å². The molecule has 3 rings (SSSR count). The maximum Gasteiger partial charge on any atom is 0.404 e. The lowest BCUT2D eigenvalue weighted by Crippen LogP contribution is -2.52. The molecule has 0 aliphatic carbocycles. The highest BCUT2D eigenvalue weighted by molar-refractivity contribution is 5.84. The molecule has 0 radical (unpaired) electrons. The highest BCUT2D eigenvalue weighted by Gasteiger charge is 2.62. The van der Waals surface area contributed by atoms with Gasteiger partial charge in [-0.2, -0.15) is 13.2 Å². The molecule has 1 aromatic rings. The first-order chi connectivity index (χ1) is 13.4. The summed E-state index contributed by atoms with van der Waals surface area (Å²) in [6, 6.07) is 9.40. The molecule has 28 heavy (non-hydrogen) atoms. The van der Waals surface area contributed by atoms with Crippen LogP contribution in [0.4, 0.5) is 13.2 Å². The lowest BCUT2D eigenvalue weighted by molar-refractivity contribution is -0.218. The van der Waals surface area contributed by atoms with Gasteiger partial charge in [0.1, 0.15) is 0 Å². The topological polar surface area (TPSA) is 47.6 Å². The number of halogens is 3. The Kier molecular flexibility index (Phi) is 6.95. The molecule has 5 nitrogen and oxygen atoms in total. The van der Waals surface area contributed by atoms with E-state index in [9.17, 15) is 18.0 Å². The predicted molar refractivity (Wildman–Crippen MR) is 102 cm³/mol. The highest BCUT2D eigenvalue weighted by Crippen LogP contribution is 2.46. The second-order valence-corrected chi connectivity index (χ2v) is 7.73. The molecule has 1 atom stereocenters. The summed E-state index contributed by atoms with van der Waals surface area (Å²) in [6.07, 6.45) is -4.08. The van der Waals surface area contributed by atoms with Crippen molar-refractivity contribution in [2.45, 2.75) is 25.6 Å². The van der Waals surface area contributed by atoms with Gasteiger partial charge in [0.05, 0.1) is 0 Å². The van der Waals surface area contributed by atoms with Crippen molar-refractivity contribution in [3.05, 3.63) is 35.9 Å². The predicted octanol–water partition coefficient (Wildman–Crippen LogP) is 1.85. The largest absolute Gasteiger partial charge is 0.404 e. The van der Waals surface area contributed by atoms with E-state index in [1.807, 2.05) is 30.3 Å². The maximum absolute atomic E-state index is 13.9. The van der Waals surface area contributed by atoms with Crippen LogP contribution < -0.4 is 10.6 Å². The van der Waals surface area contributed by atoms with Crippen LogP contribution in [0.5, 0.6) is 0 Å². The monoisotopic (exact) mass is 398 g/mol. The van der Waals surface area contributed by atoms with Gasteiger partial charge in [-0.1, -0.05) is 30.3 Å². The van der Waals surface area contributed by atoms with Crippen molar-refractivity contribution in [3.8, 4) is 0 Å². The summed E-state index contributed by atoms with van der Waals surface area (Å²) in [5, 5.41) is 5.83. The van der Waals surface area contributed by atoms with Crippen molar-refractivity contribution in [2.75, 3.05) is 52.4 Å². The van der Waals surface area contributed by atoms with Crippen LogP contribution in [0.1, 0.15) is 18.4 Å². The van der Waals surface area contributed by atoms with Gasteiger partial charge in [-0.05, 0) is 31.5 Å². The number of piperazine rings is 1. The number of hydrogen-bond acceptors (Lipinski definition) is 4. The van der Waals surface area contributed by atoms with Crippen LogP contribution >= 0.6 is 0 Å². The third-order valence-electron chi connectivity index (χ3n) is 5.72. The van der Waals surface area contributed by atoms with E-state index in [-0.39, 0.29) is 26.1 Å². The smallest absolute Gasteiger partial charge is 0.355 e. The molecule has 156 valence electrons. The SMILES string of the molecule is O=C(NCCCN1CCNCC1)C1(C(F)(F)F)CCN(Cc2ccccc2)C1. The molecule has 0 spiro atoms. The number of rotatable bonds is 7. The second kappa shape index (κ2) is 9.24. The van der Waals surface area contributed by atoms with Gasteiger partial charge in [0.15, 0.2) is 5.41 Å². The van der Waals surface area contributed by atoms with E-state index in [2.05, 4.69) is 15.5 Å². The van der Waals surface area contributed by atoms with Gasteiger partial charge in [0.2, 0.25) is 5.91 Å². The number of carbonyl (C=O) groups is 1. The summed E-state index contributed by atoms with van der Waals surface area (Å²) < 4.78 is 41.6. The number of nitrogens with one attached hydrogen (secondary N) is 2. The van der Waals surface area contributed by atoms with Gasteiger partial charge < -0.3 is 15.5 Å². The van der Waals surface area contributed by atoms with E-state index in [4.69, 9.17) is 0 Å². The van der Waals surface area contributed by atoms with Crippen molar-refractivity contribution < 1.29 is 18.0 Å². The van der Waals surface area contributed by atoms with E-state index >= 15 is 0 Å². The third-order valence-corrected chi connectivity index (χ3v) is 5.72. The summed E-state index contributed by atoms with van der Waals surface area (Å²) in [7, 11) is 0. The zero-order valence-electron chi connectivity index (χ0n) is 16.1. The average Bonchev–Trinajstić information content (AvgIpc) is 3.12. The summed E-state index contributed by atoms with van der Waals surface area (Å²) in [4.78, 5) is 16.6. The van der Waals surface area contributed by atoms with Crippen LogP contribution in [-0.4, -0.2) is 74.2 Å². The Morgan fingerprint density at radius 3 is 2.50 bits per heavy atom. The maximum atomic E-state index is 13.9. The molecule has 0 bridgehead atoms. The Morgan fingerprint density at radius 1 is 1.11 bits per heavy atom. The van der Waals surface area contributed by atoms with Crippen LogP contribution in [0.25, 0.3) is 0 Å². The number of hydrogen-bond donors (Lipinski definition) is 2. The number of carbonyl (C=O) groups excluding carboxylic acids is 1. The lowest BCUT2D eigenvalue weighted by Gasteiger charge is -2.31. The Balaban J connectivity index is 1.53. The Hall–Kier alpha value is -1.64. The molecule has 1 unspecified atom stereocenters. The molecule has 2 heterocycles. The standard InChI is InChI=1S/C20H29F3N4O/c21-20(22,23)19(7-12-27(16-19)15-17-5-2-1-3-6-17)18(28)25-8-4-11-26-13-9-24-10-14-26/h1-3,5-6,24H,4,7-16H2,(H,25,28). The third kappa shape index (κ3) is 5.04. The second-order valence-electron chi connectivity index (χ2n) is 7.73. The normalized spacial score (nSPS) is 24.4. The van der Waals surface area contributed by atoms with Crippen molar-refractivity contribution in [3.63, 3.8) is 0 Å². The minimum Gasteiger partial charge on any atom is -0.355 e. The molecule has 2 saturated heterocycles. The number of benzene rings is 1. The van der Waals surface area contributed by atoms with E-state index in [1.54, 1.807) is 4.90 Å². The first-order valence-corrected chi connectivity index (χ1v) is 9.95. The van der Waals surface area contributed by atoms with Gasteiger partial charge in [-0.3, -0.25) is 9.69 Å². The van der Waals surface area contributed by atoms with Gasteiger partial charge >= 0.3 is 6.18 Å². The molecule has 0 saturated carbocycles. The quantitative estimate of drug-likeness (QED) is 0.689. The Bertz CT molecular complexity index is 634. The lowest BCUT2D eigenvalue weighted by atomic mass is 9.85. The van der Waals surface area contributed by atoms with Crippen molar-refractivity contribution >= 4 is 5.91 Å². The molecule has 0 aromatic heterocycles. The molecule has 8 heteroatoms. The zero-order valence-corrected chi connectivity index (χ0v) is 16.1. The highest BCUT2D eigenvalue weighted by atomic mass is 19.4. The van der Waals surface area contributed by atoms with Crippen LogP contribution in [0.3, 0.4) is 0 Å². The van der Waals surface area contributed by atoms with E-state index < -0.39 is 17.5 Å². The van der Waals surface area contributed by atoms with Gasteiger partial charge in [-0.25, -0.2) is 0 Å². The van der Waals surface area contributed by atoms with Crippen LogP contribution in [0.15, 0.2) is 30.3 Å².